The van der Waals surface area contributed by atoms with Crippen molar-refractivity contribution in [3.8, 4) is 40.8 Å². The molecule has 0 saturated carbocycles. The van der Waals surface area contributed by atoms with Gasteiger partial charge in [0.15, 0.2) is 11.5 Å². The van der Waals surface area contributed by atoms with Crippen LogP contribution in [0.3, 0.4) is 0 Å². The van der Waals surface area contributed by atoms with Crippen LogP contribution in [-0.2, 0) is 0 Å². The van der Waals surface area contributed by atoms with Crippen molar-refractivity contribution in [3.05, 3.63) is 126 Å². The Kier molecular flexibility index (Phi) is 5.50. The van der Waals surface area contributed by atoms with E-state index in [1.54, 1.807) is 48.5 Å². The molecule has 37 heavy (non-hydrogen) atoms. The Hall–Kier alpha value is -5.52. The molecule has 1 aromatic heterocycles. The molecule has 174 valence electrons. The van der Waals surface area contributed by atoms with Crippen LogP contribution in [0.4, 0.5) is 0 Å². The first kappa shape index (κ1) is 22.0. The number of hydrogen-bond donors (Lipinski definition) is 0. The van der Waals surface area contributed by atoms with Crippen LogP contribution in [0.25, 0.3) is 27.5 Å². The fourth-order valence-electron chi connectivity index (χ4n) is 4.50. The molecule has 0 amide bonds. The number of aromatic nitrogens is 1. The highest BCUT2D eigenvalue weighted by Gasteiger charge is 2.20. The lowest BCUT2D eigenvalue weighted by atomic mass is 10.2. The zero-order valence-corrected chi connectivity index (χ0v) is 19.6. The van der Waals surface area contributed by atoms with Crippen molar-refractivity contribution in [2.24, 2.45) is 0 Å². The summed E-state index contributed by atoms with van der Waals surface area (Å²) in [6.07, 6.45) is 0. The number of benzene rings is 5. The molecule has 0 spiro atoms. The molecule has 0 radical (unpaired) electrons. The number of fused-ring (bicyclic) bond motifs is 3. The van der Waals surface area contributed by atoms with Crippen LogP contribution in [0, 0.1) is 22.7 Å². The maximum Gasteiger partial charge on any atom is 0.155 e. The van der Waals surface area contributed by atoms with Crippen molar-refractivity contribution in [1.29, 1.82) is 10.5 Å². The molecule has 6 rings (SSSR count). The Labute approximate surface area is 213 Å². The third kappa shape index (κ3) is 4.01. The van der Waals surface area contributed by atoms with E-state index in [1.807, 2.05) is 42.5 Å². The highest BCUT2D eigenvalue weighted by atomic mass is 16.5. The van der Waals surface area contributed by atoms with E-state index in [0.29, 0.717) is 34.1 Å². The molecule has 0 unspecified atom stereocenters. The van der Waals surface area contributed by atoms with Gasteiger partial charge in [-0.3, -0.25) is 0 Å². The van der Waals surface area contributed by atoms with E-state index in [0.717, 1.165) is 27.5 Å². The molecule has 0 bridgehead atoms. The van der Waals surface area contributed by atoms with Crippen molar-refractivity contribution < 1.29 is 9.47 Å². The summed E-state index contributed by atoms with van der Waals surface area (Å²) in [5.41, 5.74) is 3.91. The van der Waals surface area contributed by atoms with Crippen LogP contribution < -0.4 is 9.47 Å². The van der Waals surface area contributed by atoms with Crippen LogP contribution in [0.15, 0.2) is 115 Å². The standard InChI is InChI=1S/C32H19N3O2/c33-20-22-12-16-24(17-13-22)36-30-10-5-11-31(37-25-18-14-23(21-34)15-19-25)32(30)35-28-8-3-1-6-26(28)27-7-2-4-9-29(27)35/h1-19H. The van der Waals surface area contributed by atoms with Crippen LogP contribution in [0.5, 0.6) is 23.0 Å². The minimum Gasteiger partial charge on any atom is -0.455 e. The topological polar surface area (TPSA) is 71.0 Å². The molecule has 5 aromatic carbocycles. The second-order valence-corrected chi connectivity index (χ2v) is 8.45. The molecular weight excluding hydrogens is 458 g/mol. The van der Waals surface area contributed by atoms with Gasteiger partial charge in [-0.15, -0.1) is 0 Å². The number of rotatable bonds is 5. The lowest BCUT2D eigenvalue weighted by Gasteiger charge is -2.18. The lowest BCUT2D eigenvalue weighted by Crippen LogP contribution is -2.01. The minimum atomic E-state index is 0.563. The minimum absolute atomic E-state index is 0.563. The van der Waals surface area contributed by atoms with Crippen molar-refractivity contribution in [2.75, 3.05) is 0 Å². The molecule has 0 aliphatic rings. The monoisotopic (exact) mass is 477 g/mol. The second-order valence-electron chi connectivity index (χ2n) is 8.45. The van der Waals surface area contributed by atoms with E-state index in [4.69, 9.17) is 20.0 Å². The number of ether oxygens (including phenoxy) is 2. The number of para-hydroxylation sites is 3. The van der Waals surface area contributed by atoms with Gasteiger partial charge in [-0.25, -0.2) is 0 Å². The fourth-order valence-corrected chi connectivity index (χ4v) is 4.50. The van der Waals surface area contributed by atoms with Gasteiger partial charge in [0.25, 0.3) is 0 Å². The number of nitriles is 2. The first-order valence-corrected chi connectivity index (χ1v) is 11.7. The van der Waals surface area contributed by atoms with Gasteiger partial charge in [-0.1, -0.05) is 42.5 Å². The molecule has 1 heterocycles. The second kappa shape index (κ2) is 9.26. The predicted octanol–water partition coefficient (Wildman–Crippen LogP) is 8.11. The van der Waals surface area contributed by atoms with Crippen LogP contribution in [0.2, 0.25) is 0 Å². The molecule has 5 nitrogen and oxygen atoms in total. The summed E-state index contributed by atoms with van der Waals surface area (Å²) >= 11 is 0. The van der Waals surface area contributed by atoms with E-state index in [-0.39, 0.29) is 0 Å². The lowest BCUT2D eigenvalue weighted by molar-refractivity contribution is 0.457. The van der Waals surface area contributed by atoms with Crippen molar-refractivity contribution in [1.82, 2.24) is 4.57 Å². The van der Waals surface area contributed by atoms with E-state index in [1.165, 1.54) is 0 Å². The summed E-state index contributed by atoms with van der Waals surface area (Å²) in [7, 11) is 0. The smallest absolute Gasteiger partial charge is 0.155 e. The van der Waals surface area contributed by atoms with E-state index < -0.39 is 0 Å². The molecular formula is C32H19N3O2. The van der Waals surface area contributed by atoms with Gasteiger partial charge in [0.2, 0.25) is 0 Å². The summed E-state index contributed by atoms with van der Waals surface area (Å²) in [6.45, 7) is 0. The Balaban J connectivity index is 1.58. The highest BCUT2D eigenvalue weighted by molar-refractivity contribution is 6.09. The van der Waals surface area contributed by atoms with Crippen LogP contribution in [-0.4, -0.2) is 4.57 Å². The zero-order valence-electron chi connectivity index (χ0n) is 19.6. The highest BCUT2D eigenvalue weighted by Crippen LogP contribution is 2.42. The van der Waals surface area contributed by atoms with Gasteiger partial charge < -0.3 is 14.0 Å². The van der Waals surface area contributed by atoms with E-state index >= 15 is 0 Å². The molecule has 5 heteroatoms. The molecule has 0 aliphatic carbocycles. The van der Waals surface area contributed by atoms with Crippen molar-refractivity contribution in [3.63, 3.8) is 0 Å². The van der Waals surface area contributed by atoms with Crippen molar-refractivity contribution in [2.45, 2.75) is 0 Å². The van der Waals surface area contributed by atoms with Gasteiger partial charge in [0.05, 0.1) is 34.3 Å². The molecule has 0 atom stereocenters. The van der Waals surface area contributed by atoms with Crippen molar-refractivity contribution >= 4 is 21.8 Å². The van der Waals surface area contributed by atoms with Gasteiger partial charge in [-0.05, 0) is 72.8 Å². The van der Waals surface area contributed by atoms with Gasteiger partial charge in [0, 0.05) is 10.8 Å². The summed E-state index contributed by atoms with van der Waals surface area (Å²) < 4.78 is 14.9. The van der Waals surface area contributed by atoms with Crippen LogP contribution in [0.1, 0.15) is 11.1 Å². The Morgan fingerprint density at radius 2 is 0.919 bits per heavy atom. The number of hydrogen-bond acceptors (Lipinski definition) is 4. The average Bonchev–Trinajstić information content (AvgIpc) is 3.28. The summed E-state index contributed by atoms with van der Waals surface area (Å²) in [5.74, 6) is 2.41. The quantitative estimate of drug-likeness (QED) is 0.251. The predicted molar refractivity (Wildman–Crippen MR) is 143 cm³/mol. The zero-order chi connectivity index (χ0) is 25.2. The SMILES string of the molecule is N#Cc1ccc(Oc2cccc(Oc3ccc(C#N)cc3)c2-n2c3ccccc3c3ccccc32)cc1. The molecule has 0 fully saturated rings. The average molecular weight is 478 g/mol. The molecule has 0 aliphatic heterocycles. The third-order valence-electron chi connectivity index (χ3n) is 6.19. The first-order valence-electron chi connectivity index (χ1n) is 11.7. The van der Waals surface area contributed by atoms with E-state index in [2.05, 4.69) is 41.0 Å². The largest absolute Gasteiger partial charge is 0.455 e. The van der Waals surface area contributed by atoms with Gasteiger partial charge in [-0.2, -0.15) is 10.5 Å². The molecule has 0 saturated heterocycles. The Morgan fingerprint density at radius 3 is 1.35 bits per heavy atom. The van der Waals surface area contributed by atoms with E-state index in [9.17, 15) is 0 Å². The fraction of sp³-hybridized carbons (Fsp3) is 0. The van der Waals surface area contributed by atoms with Gasteiger partial charge in [0.1, 0.15) is 17.2 Å². The molecule has 6 aromatic rings. The Bertz CT molecular complexity index is 1710. The first-order chi connectivity index (χ1) is 18.2. The van der Waals surface area contributed by atoms with Gasteiger partial charge >= 0.3 is 0 Å². The Morgan fingerprint density at radius 1 is 0.486 bits per heavy atom. The van der Waals surface area contributed by atoms with Crippen LogP contribution >= 0.6 is 0 Å². The third-order valence-corrected chi connectivity index (χ3v) is 6.19. The summed E-state index contributed by atoms with van der Waals surface area (Å²) in [4.78, 5) is 0. The summed E-state index contributed by atoms with van der Waals surface area (Å²) in [6, 6.07) is 40.5. The maximum absolute atomic E-state index is 9.17. The molecule has 0 N–H and O–H groups in total. The number of nitrogens with zero attached hydrogens (tertiary/aromatic N) is 3. The maximum atomic E-state index is 9.17. The normalized spacial score (nSPS) is 10.6. The summed E-state index contributed by atoms with van der Waals surface area (Å²) in [5, 5.41) is 20.6.